The Labute approximate surface area is 230 Å². The van der Waals surface area contributed by atoms with E-state index in [1.54, 1.807) is 36.4 Å². The zero-order chi connectivity index (χ0) is 27.8. The van der Waals surface area contributed by atoms with Crippen LogP contribution in [0.1, 0.15) is 49.0 Å². The van der Waals surface area contributed by atoms with Gasteiger partial charge in [0.2, 0.25) is 15.9 Å². The van der Waals surface area contributed by atoms with Crippen LogP contribution in [0.2, 0.25) is 0 Å². The molecule has 0 radical (unpaired) electrons. The van der Waals surface area contributed by atoms with E-state index in [0.29, 0.717) is 48.0 Å². The number of nitrogens with zero attached hydrogens (tertiary/aromatic N) is 1. The van der Waals surface area contributed by atoms with Crippen LogP contribution in [0.3, 0.4) is 0 Å². The zero-order valence-electron chi connectivity index (χ0n) is 22.7. The summed E-state index contributed by atoms with van der Waals surface area (Å²) < 4.78 is 29.9. The SMILES string of the molecule is Cc1ccccc1C(=O)Nc1cccc2c(S(=O)(=O)NC3CCN(C(=O)[C@@H]4CC(C)(C)CN4)CC3)cccc12. The van der Waals surface area contributed by atoms with Crippen molar-refractivity contribution in [3.63, 3.8) is 0 Å². The quantitative estimate of drug-likeness (QED) is 0.431. The minimum Gasteiger partial charge on any atom is -0.341 e. The summed E-state index contributed by atoms with van der Waals surface area (Å²) in [5.74, 6) is -0.138. The van der Waals surface area contributed by atoms with Crippen molar-refractivity contribution in [1.82, 2.24) is 14.9 Å². The average Bonchev–Trinajstić information content (AvgIpc) is 3.28. The molecular weight excluding hydrogens is 512 g/mol. The lowest BCUT2D eigenvalue weighted by Gasteiger charge is -2.34. The first-order chi connectivity index (χ1) is 18.5. The Morgan fingerprint density at radius 2 is 1.64 bits per heavy atom. The topological polar surface area (TPSA) is 108 Å². The van der Waals surface area contributed by atoms with Crippen LogP contribution in [-0.4, -0.2) is 56.9 Å². The third kappa shape index (κ3) is 5.85. The normalized spacial score (nSPS) is 19.8. The number of fused-ring (bicyclic) bond motifs is 1. The molecule has 3 N–H and O–H groups in total. The summed E-state index contributed by atoms with van der Waals surface area (Å²) in [5.41, 5.74) is 2.08. The van der Waals surface area contributed by atoms with E-state index in [1.165, 1.54) is 0 Å². The molecule has 3 aromatic carbocycles. The van der Waals surface area contributed by atoms with E-state index in [9.17, 15) is 18.0 Å². The number of sulfonamides is 1. The fourth-order valence-corrected chi connectivity index (χ4v) is 7.16. The second kappa shape index (κ2) is 10.7. The largest absolute Gasteiger partial charge is 0.341 e. The van der Waals surface area contributed by atoms with E-state index in [4.69, 9.17) is 0 Å². The molecule has 2 saturated heterocycles. The molecule has 39 heavy (non-hydrogen) atoms. The monoisotopic (exact) mass is 548 g/mol. The van der Waals surface area contributed by atoms with Crippen molar-refractivity contribution in [1.29, 1.82) is 0 Å². The minimum atomic E-state index is -3.84. The van der Waals surface area contributed by atoms with Gasteiger partial charge in [0.1, 0.15) is 0 Å². The number of benzene rings is 3. The number of rotatable bonds is 6. The van der Waals surface area contributed by atoms with Crippen LogP contribution in [0, 0.1) is 12.3 Å². The average molecular weight is 549 g/mol. The molecule has 2 fully saturated rings. The van der Waals surface area contributed by atoms with Crippen molar-refractivity contribution >= 4 is 38.3 Å². The molecule has 3 aromatic rings. The summed E-state index contributed by atoms with van der Waals surface area (Å²) in [4.78, 5) is 27.9. The molecule has 0 spiro atoms. The Hall–Kier alpha value is -3.27. The molecule has 5 rings (SSSR count). The summed E-state index contributed by atoms with van der Waals surface area (Å²) in [6, 6.07) is 17.3. The van der Waals surface area contributed by atoms with E-state index in [2.05, 4.69) is 29.2 Å². The fraction of sp³-hybridized carbons (Fsp3) is 0.400. The molecular formula is C30H36N4O4S. The summed E-state index contributed by atoms with van der Waals surface area (Å²) in [5, 5.41) is 7.47. The van der Waals surface area contributed by atoms with Crippen molar-refractivity contribution in [2.75, 3.05) is 25.0 Å². The molecule has 0 saturated carbocycles. The maximum atomic E-state index is 13.5. The molecule has 2 amide bonds. The van der Waals surface area contributed by atoms with Crippen molar-refractivity contribution < 1.29 is 18.0 Å². The highest BCUT2D eigenvalue weighted by atomic mass is 32.2. The van der Waals surface area contributed by atoms with Gasteiger partial charge in [-0.05, 0) is 55.4 Å². The lowest BCUT2D eigenvalue weighted by Crippen LogP contribution is -2.50. The van der Waals surface area contributed by atoms with E-state index < -0.39 is 10.0 Å². The second-order valence-corrected chi connectivity index (χ2v) is 13.1. The third-order valence-electron chi connectivity index (χ3n) is 7.82. The smallest absolute Gasteiger partial charge is 0.255 e. The van der Waals surface area contributed by atoms with E-state index in [0.717, 1.165) is 18.5 Å². The first-order valence-corrected chi connectivity index (χ1v) is 15.0. The van der Waals surface area contributed by atoms with Gasteiger partial charge in [0.25, 0.3) is 5.91 Å². The van der Waals surface area contributed by atoms with Crippen molar-refractivity contribution in [3.05, 3.63) is 71.8 Å². The minimum absolute atomic E-state index is 0.107. The van der Waals surface area contributed by atoms with Gasteiger partial charge in [-0.25, -0.2) is 13.1 Å². The van der Waals surface area contributed by atoms with E-state index in [-0.39, 0.29) is 34.2 Å². The third-order valence-corrected chi connectivity index (χ3v) is 9.40. The number of nitrogens with one attached hydrogen (secondary N) is 3. The number of carbonyl (C=O) groups excluding carboxylic acids is 2. The van der Waals surface area contributed by atoms with Crippen LogP contribution >= 0.6 is 0 Å². The van der Waals surface area contributed by atoms with Crippen LogP contribution in [0.25, 0.3) is 10.8 Å². The fourth-order valence-electron chi connectivity index (χ4n) is 5.63. The van der Waals surface area contributed by atoms with Crippen molar-refractivity contribution in [2.24, 2.45) is 5.41 Å². The van der Waals surface area contributed by atoms with Gasteiger partial charge in [0.05, 0.1) is 10.9 Å². The predicted molar refractivity (Wildman–Crippen MR) is 153 cm³/mol. The number of aryl methyl sites for hydroxylation is 1. The second-order valence-electron chi connectivity index (χ2n) is 11.4. The van der Waals surface area contributed by atoms with E-state index >= 15 is 0 Å². The first kappa shape index (κ1) is 27.3. The number of amides is 2. The number of hydrogen-bond donors (Lipinski definition) is 3. The van der Waals surface area contributed by atoms with Crippen LogP contribution in [-0.2, 0) is 14.8 Å². The van der Waals surface area contributed by atoms with Gasteiger partial charge in [-0.2, -0.15) is 0 Å². The van der Waals surface area contributed by atoms with Gasteiger partial charge < -0.3 is 15.5 Å². The molecule has 206 valence electrons. The van der Waals surface area contributed by atoms with Gasteiger partial charge in [-0.3, -0.25) is 9.59 Å². The van der Waals surface area contributed by atoms with E-state index in [1.807, 2.05) is 36.1 Å². The highest BCUT2D eigenvalue weighted by molar-refractivity contribution is 7.89. The Morgan fingerprint density at radius 3 is 2.33 bits per heavy atom. The molecule has 2 aliphatic heterocycles. The highest BCUT2D eigenvalue weighted by Crippen LogP contribution is 2.31. The molecule has 2 heterocycles. The van der Waals surface area contributed by atoms with Gasteiger partial charge in [-0.1, -0.05) is 56.3 Å². The Bertz CT molecular complexity index is 1510. The molecule has 0 bridgehead atoms. The molecule has 1 atom stereocenters. The molecule has 8 nitrogen and oxygen atoms in total. The van der Waals surface area contributed by atoms with Crippen LogP contribution in [0.15, 0.2) is 65.6 Å². The van der Waals surface area contributed by atoms with Gasteiger partial charge in [0.15, 0.2) is 0 Å². The highest BCUT2D eigenvalue weighted by Gasteiger charge is 2.38. The number of piperidine rings is 1. The number of hydrogen-bond acceptors (Lipinski definition) is 5. The van der Waals surface area contributed by atoms with Crippen LogP contribution < -0.4 is 15.4 Å². The summed E-state index contributed by atoms with van der Waals surface area (Å²) in [7, 11) is -3.84. The number of likely N-dealkylation sites (tertiary alicyclic amines) is 1. The first-order valence-electron chi connectivity index (χ1n) is 13.5. The predicted octanol–water partition coefficient (Wildman–Crippen LogP) is 4.06. The molecule has 0 aliphatic carbocycles. The lowest BCUT2D eigenvalue weighted by molar-refractivity contribution is -0.134. The van der Waals surface area contributed by atoms with Gasteiger partial charge in [-0.15, -0.1) is 0 Å². The summed E-state index contributed by atoms with van der Waals surface area (Å²) >= 11 is 0. The molecule has 0 aromatic heterocycles. The number of carbonyl (C=O) groups is 2. The molecule has 9 heteroatoms. The van der Waals surface area contributed by atoms with Gasteiger partial charge in [0, 0.05) is 47.7 Å². The van der Waals surface area contributed by atoms with Gasteiger partial charge >= 0.3 is 0 Å². The Balaban J connectivity index is 1.29. The Morgan fingerprint density at radius 1 is 0.949 bits per heavy atom. The maximum Gasteiger partial charge on any atom is 0.255 e. The molecule has 0 unspecified atom stereocenters. The van der Waals surface area contributed by atoms with Crippen molar-refractivity contribution in [2.45, 2.75) is 57.0 Å². The van der Waals surface area contributed by atoms with Crippen LogP contribution in [0.5, 0.6) is 0 Å². The number of anilines is 1. The molecule has 2 aliphatic rings. The lowest BCUT2D eigenvalue weighted by atomic mass is 9.90. The Kier molecular flexibility index (Phi) is 7.50. The van der Waals surface area contributed by atoms with Crippen LogP contribution in [0.4, 0.5) is 5.69 Å². The maximum absolute atomic E-state index is 13.5. The summed E-state index contributed by atoms with van der Waals surface area (Å²) in [6.45, 7) is 8.05. The summed E-state index contributed by atoms with van der Waals surface area (Å²) in [6.07, 6.45) is 1.93. The standard InChI is InChI=1S/C30H36N4O4S/c1-20-8-4-5-9-22(20)28(35)32-25-12-6-11-24-23(25)10-7-13-27(24)39(37,38)33-21-14-16-34(17-15-21)29(36)26-18-30(2,3)19-31-26/h4-13,21,26,31,33H,14-19H2,1-3H3,(H,32,35)/t26-/m0/s1. The zero-order valence-corrected chi connectivity index (χ0v) is 23.5. The van der Waals surface area contributed by atoms with Crippen molar-refractivity contribution in [3.8, 4) is 0 Å².